The summed E-state index contributed by atoms with van der Waals surface area (Å²) in [4.78, 5) is 37.2. The summed E-state index contributed by atoms with van der Waals surface area (Å²) >= 11 is 0. The van der Waals surface area contributed by atoms with E-state index in [9.17, 15) is 19.7 Å². The number of non-ortho nitro benzene ring substituents is 1. The standard InChI is InChI=1S/C30H40N4O7/c1-5-7-14-23-19-25(33-32-23)40-16-10-8-9-11-17-41-30(36)27-21(4)31-20(3)26(29(35)39-6-2)28(27)22-13-12-15-24(18-22)34(37)38/h12-13,15,18-19,28,31H,5-11,14,16-17H2,1-4H3,(H,32,33). The van der Waals surface area contributed by atoms with Crippen LogP contribution in [-0.2, 0) is 25.5 Å². The molecule has 0 spiro atoms. The topological polar surface area (TPSA) is 146 Å². The number of carbonyl (C=O) groups excluding carboxylic acids is 2. The number of benzene rings is 1. The van der Waals surface area contributed by atoms with Crippen molar-refractivity contribution in [2.24, 2.45) is 0 Å². The summed E-state index contributed by atoms with van der Waals surface area (Å²) in [6, 6.07) is 7.88. The van der Waals surface area contributed by atoms with Gasteiger partial charge in [0, 0.05) is 35.3 Å². The largest absolute Gasteiger partial charge is 0.477 e. The second kappa shape index (κ2) is 15.6. The van der Waals surface area contributed by atoms with E-state index >= 15 is 0 Å². The summed E-state index contributed by atoms with van der Waals surface area (Å²) in [5.74, 6) is -1.44. The van der Waals surface area contributed by atoms with E-state index in [0.717, 1.165) is 44.2 Å². The SMILES string of the molecule is CCCCc1cc(OCCCCCCOC(=O)C2=C(C)NC(C)=C(C(=O)OCC)C2c2cccc([N+](=O)[O-])c2)n[nH]1. The molecule has 222 valence electrons. The highest BCUT2D eigenvalue weighted by Crippen LogP contribution is 2.40. The summed E-state index contributed by atoms with van der Waals surface area (Å²) in [5.41, 5.74) is 2.86. The fourth-order valence-corrected chi connectivity index (χ4v) is 4.78. The molecule has 11 heteroatoms. The third-order valence-corrected chi connectivity index (χ3v) is 6.82. The van der Waals surface area contributed by atoms with Gasteiger partial charge < -0.3 is 19.5 Å². The third kappa shape index (κ3) is 8.67. The average molecular weight is 569 g/mol. The number of unbranched alkanes of at least 4 members (excludes halogenated alkanes) is 4. The first kappa shape index (κ1) is 31.4. The van der Waals surface area contributed by atoms with Crippen LogP contribution in [0.4, 0.5) is 5.69 Å². The van der Waals surface area contributed by atoms with Crippen LogP contribution in [0.1, 0.15) is 83.4 Å². The van der Waals surface area contributed by atoms with Gasteiger partial charge in [0.2, 0.25) is 5.88 Å². The number of aromatic nitrogens is 2. The number of nitro benzene ring substituents is 1. The molecule has 2 aromatic rings. The molecule has 2 N–H and O–H groups in total. The molecule has 1 aliphatic heterocycles. The maximum Gasteiger partial charge on any atom is 0.336 e. The van der Waals surface area contributed by atoms with Crippen molar-refractivity contribution in [1.29, 1.82) is 0 Å². The number of dihydropyridines is 1. The van der Waals surface area contributed by atoms with E-state index in [1.807, 2.05) is 6.07 Å². The van der Waals surface area contributed by atoms with Gasteiger partial charge in [0.05, 0.1) is 41.8 Å². The van der Waals surface area contributed by atoms with E-state index < -0.39 is 22.8 Å². The van der Waals surface area contributed by atoms with Crippen molar-refractivity contribution in [3.8, 4) is 5.88 Å². The molecule has 1 atom stereocenters. The zero-order valence-corrected chi connectivity index (χ0v) is 24.3. The van der Waals surface area contributed by atoms with Crippen LogP contribution in [-0.4, -0.2) is 46.9 Å². The van der Waals surface area contributed by atoms with Gasteiger partial charge in [-0.2, -0.15) is 0 Å². The van der Waals surface area contributed by atoms with Crippen molar-refractivity contribution in [1.82, 2.24) is 15.5 Å². The first-order valence-corrected chi connectivity index (χ1v) is 14.2. The van der Waals surface area contributed by atoms with Crippen LogP contribution in [0, 0.1) is 10.1 Å². The summed E-state index contributed by atoms with van der Waals surface area (Å²) in [5, 5.41) is 21.7. The molecule has 0 amide bonds. The van der Waals surface area contributed by atoms with Gasteiger partial charge in [-0.25, -0.2) is 9.59 Å². The lowest BCUT2D eigenvalue weighted by Crippen LogP contribution is -2.32. The molecule has 1 aliphatic rings. The number of carbonyl (C=O) groups is 2. The molecule has 0 bridgehead atoms. The molecule has 2 heterocycles. The molecule has 41 heavy (non-hydrogen) atoms. The third-order valence-electron chi connectivity index (χ3n) is 6.82. The minimum absolute atomic E-state index is 0.138. The zero-order valence-electron chi connectivity index (χ0n) is 24.3. The van der Waals surface area contributed by atoms with Gasteiger partial charge in [0.1, 0.15) is 0 Å². The van der Waals surface area contributed by atoms with E-state index in [0.29, 0.717) is 35.9 Å². The summed E-state index contributed by atoms with van der Waals surface area (Å²) in [7, 11) is 0. The Bertz CT molecular complexity index is 1280. The van der Waals surface area contributed by atoms with E-state index in [2.05, 4.69) is 22.4 Å². The Kier molecular flexibility index (Phi) is 11.9. The Morgan fingerprint density at radius 2 is 1.63 bits per heavy atom. The second-order valence-corrected chi connectivity index (χ2v) is 9.94. The van der Waals surface area contributed by atoms with Crippen LogP contribution in [0.15, 0.2) is 52.9 Å². The van der Waals surface area contributed by atoms with Gasteiger partial charge in [0.25, 0.3) is 5.69 Å². The van der Waals surface area contributed by atoms with Gasteiger partial charge in [-0.3, -0.25) is 15.2 Å². The minimum Gasteiger partial charge on any atom is -0.477 e. The quantitative estimate of drug-likeness (QED) is 0.114. The highest BCUT2D eigenvalue weighted by Gasteiger charge is 2.38. The Morgan fingerprint density at radius 3 is 2.29 bits per heavy atom. The van der Waals surface area contributed by atoms with Crippen molar-refractivity contribution in [3.05, 3.63) is 74.2 Å². The van der Waals surface area contributed by atoms with Crippen LogP contribution < -0.4 is 10.1 Å². The normalized spacial score (nSPS) is 15.0. The maximum atomic E-state index is 13.3. The first-order chi connectivity index (χ1) is 19.8. The number of hydrogen-bond acceptors (Lipinski definition) is 9. The van der Waals surface area contributed by atoms with E-state index in [1.54, 1.807) is 26.8 Å². The predicted octanol–water partition coefficient (Wildman–Crippen LogP) is 5.64. The number of nitrogens with one attached hydrogen (secondary N) is 2. The molecule has 0 fully saturated rings. The van der Waals surface area contributed by atoms with Crippen LogP contribution >= 0.6 is 0 Å². The van der Waals surface area contributed by atoms with E-state index in [-0.39, 0.29) is 30.0 Å². The second-order valence-electron chi connectivity index (χ2n) is 9.94. The number of nitrogens with zero attached hydrogens (tertiary/aromatic N) is 2. The maximum absolute atomic E-state index is 13.3. The highest BCUT2D eigenvalue weighted by atomic mass is 16.6. The zero-order chi connectivity index (χ0) is 29.8. The number of H-pyrrole nitrogens is 1. The van der Waals surface area contributed by atoms with Crippen LogP contribution in [0.25, 0.3) is 0 Å². The van der Waals surface area contributed by atoms with Crippen molar-refractivity contribution >= 4 is 17.6 Å². The molecule has 1 aromatic heterocycles. The van der Waals surface area contributed by atoms with Crippen molar-refractivity contribution < 1.29 is 28.7 Å². The Labute approximate surface area is 240 Å². The molecular formula is C30H40N4O7. The summed E-state index contributed by atoms with van der Waals surface area (Å²) < 4.78 is 16.6. The van der Waals surface area contributed by atoms with Crippen molar-refractivity contribution in [2.75, 3.05) is 19.8 Å². The molecule has 1 aromatic carbocycles. The minimum atomic E-state index is -0.871. The van der Waals surface area contributed by atoms with E-state index in [4.69, 9.17) is 14.2 Å². The lowest BCUT2D eigenvalue weighted by atomic mass is 9.80. The number of aromatic amines is 1. The van der Waals surface area contributed by atoms with Gasteiger partial charge in [-0.1, -0.05) is 25.5 Å². The number of allylic oxidation sites excluding steroid dienone is 2. The van der Waals surface area contributed by atoms with Crippen molar-refractivity contribution in [2.45, 2.75) is 78.6 Å². The smallest absolute Gasteiger partial charge is 0.336 e. The molecule has 0 saturated heterocycles. The lowest BCUT2D eigenvalue weighted by molar-refractivity contribution is -0.384. The highest BCUT2D eigenvalue weighted by molar-refractivity contribution is 6.00. The number of ether oxygens (including phenoxy) is 3. The number of rotatable bonds is 16. The molecular weight excluding hydrogens is 528 g/mol. The molecule has 0 saturated carbocycles. The average Bonchev–Trinajstić information content (AvgIpc) is 3.40. The van der Waals surface area contributed by atoms with Gasteiger partial charge in [-0.15, -0.1) is 5.10 Å². The Balaban J connectivity index is 1.57. The molecule has 0 radical (unpaired) electrons. The molecule has 0 aliphatic carbocycles. The number of hydrogen-bond donors (Lipinski definition) is 2. The van der Waals surface area contributed by atoms with Crippen LogP contribution in [0.2, 0.25) is 0 Å². The fraction of sp³-hybridized carbons (Fsp3) is 0.500. The predicted molar refractivity (Wildman–Crippen MR) is 153 cm³/mol. The number of nitro groups is 1. The number of aryl methyl sites for hydroxylation is 1. The molecule has 1 unspecified atom stereocenters. The summed E-state index contributed by atoms with van der Waals surface area (Å²) in [6.07, 6.45) is 6.46. The molecule has 3 rings (SSSR count). The van der Waals surface area contributed by atoms with Gasteiger partial charge >= 0.3 is 11.9 Å². The van der Waals surface area contributed by atoms with Gasteiger partial charge in [-0.05, 0) is 64.9 Å². The monoisotopic (exact) mass is 568 g/mol. The Morgan fingerprint density at radius 1 is 0.951 bits per heavy atom. The molecule has 11 nitrogen and oxygen atoms in total. The first-order valence-electron chi connectivity index (χ1n) is 14.2. The van der Waals surface area contributed by atoms with E-state index in [1.165, 1.54) is 18.2 Å². The lowest BCUT2D eigenvalue weighted by Gasteiger charge is -2.30. The Hall–Kier alpha value is -4.15. The number of esters is 2. The van der Waals surface area contributed by atoms with Crippen molar-refractivity contribution in [3.63, 3.8) is 0 Å². The summed E-state index contributed by atoms with van der Waals surface area (Å²) in [6.45, 7) is 8.18. The van der Waals surface area contributed by atoms with Crippen LogP contribution in [0.5, 0.6) is 5.88 Å². The van der Waals surface area contributed by atoms with Crippen LogP contribution in [0.3, 0.4) is 0 Å². The fourth-order valence-electron chi connectivity index (χ4n) is 4.78. The van der Waals surface area contributed by atoms with Gasteiger partial charge in [0.15, 0.2) is 0 Å².